The number of benzene rings is 1. The highest BCUT2D eigenvalue weighted by Crippen LogP contribution is 2.30. The van der Waals surface area contributed by atoms with Crippen LogP contribution in [0.25, 0.3) is 11.1 Å². The summed E-state index contributed by atoms with van der Waals surface area (Å²) in [6, 6.07) is 6.99. The van der Waals surface area contributed by atoms with E-state index in [9.17, 15) is 22.7 Å². The third kappa shape index (κ3) is 5.25. The number of sulfonamides is 1. The molecule has 1 amide bonds. The molecule has 1 N–H and O–H groups in total. The van der Waals surface area contributed by atoms with Crippen LogP contribution in [0.3, 0.4) is 0 Å². The second-order valence-electron chi connectivity index (χ2n) is 8.25. The fourth-order valence-corrected chi connectivity index (χ4v) is 3.93. The van der Waals surface area contributed by atoms with Crippen molar-refractivity contribution in [2.75, 3.05) is 33.0 Å². The third-order valence-corrected chi connectivity index (χ3v) is 6.98. The van der Waals surface area contributed by atoms with E-state index in [1.807, 2.05) is 6.92 Å². The average molecular weight is 466 g/mol. The Morgan fingerprint density at radius 2 is 1.97 bits per heavy atom. The summed E-state index contributed by atoms with van der Waals surface area (Å²) >= 11 is 0. The number of rotatable bonds is 6. The van der Waals surface area contributed by atoms with Gasteiger partial charge in [-0.1, -0.05) is 19.1 Å². The predicted octanol–water partition coefficient (Wildman–Crippen LogP) is 2.00. The lowest BCUT2D eigenvalue weighted by Gasteiger charge is -2.37. The molecule has 0 fully saturated rings. The Balaban J connectivity index is 2.06. The van der Waals surface area contributed by atoms with Gasteiger partial charge in [-0.15, -0.1) is 0 Å². The molecule has 8 nitrogen and oxygen atoms in total. The third-order valence-electron chi connectivity index (χ3n) is 5.70. The Bertz CT molecular complexity index is 1080. The van der Waals surface area contributed by atoms with Gasteiger partial charge in [-0.2, -0.15) is 0 Å². The minimum atomic E-state index is -3.43. The van der Waals surface area contributed by atoms with Gasteiger partial charge in [-0.25, -0.2) is 22.1 Å². The topological polar surface area (TPSA) is 100 Å². The van der Waals surface area contributed by atoms with Crippen LogP contribution in [0.5, 0.6) is 5.88 Å². The van der Waals surface area contributed by atoms with E-state index in [4.69, 9.17) is 4.74 Å². The Morgan fingerprint density at radius 1 is 1.31 bits per heavy atom. The van der Waals surface area contributed by atoms with E-state index in [0.717, 1.165) is 6.26 Å². The smallest absolute Gasteiger partial charge is 0.259 e. The molecule has 0 radical (unpaired) electrons. The molecule has 0 spiro atoms. The summed E-state index contributed by atoms with van der Waals surface area (Å²) in [7, 11) is -1.97. The fraction of sp³-hybridized carbons (Fsp3) is 0.455. The van der Waals surface area contributed by atoms with Crippen LogP contribution in [-0.2, 0) is 10.0 Å². The van der Waals surface area contributed by atoms with Crippen LogP contribution in [0.2, 0.25) is 0 Å². The highest BCUT2D eigenvalue weighted by atomic mass is 32.2. The summed E-state index contributed by atoms with van der Waals surface area (Å²) in [4.78, 5) is 19.3. The molecule has 3 atom stereocenters. The number of hydrogen-bond acceptors (Lipinski definition) is 6. The first-order chi connectivity index (χ1) is 15.0. The predicted molar refractivity (Wildman–Crippen MR) is 118 cm³/mol. The minimum absolute atomic E-state index is 0.0797. The summed E-state index contributed by atoms with van der Waals surface area (Å²) in [5.74, 6) is -0.861. The number of fused-ring (bicyclic) bond motifs is 1. The van der Waals surface area contributed by atoms with Crippen molar-refractivity contribution in [1.29, 1.82) is 0 Å². The van der Waals surface area contributed by atoms with Crippen LogP contribution in [0, 0.1) is 11.7 Å². The lowest BCUT2D eigenvalue weighted by atomic mass is 9.99. The Morgan fingerprint density at radius 3 is 2.56 bits per heavy atom. The SMILES string of the molecule is C[C@H]1CN([C@@H](C)CO)C(=O)c2cc(-c3ccc(F)cc3)cnc2O[C@H]1CN(C)S(C)(=O)=O. The van der Waals surface area contributed by atoms with E-state index in [1.165, 1.54) is 29.7 Å². The number of likely N-dealkylation sites (N-methyl/N-ethyl adjacent to an activating group) is 1. The van der Waals surface area contributed by atoms with Gasteiger partial charge in [0, 0.05) is 31.3 Å². The zero-order chi connectivity index (χ0) is 23.6. The number of amides is 1. The molecule has 2 heterocycles. The molecule has 2 aromatic rings. The van der Waals surface area contributed by atoms with Crippen molar-refractivity contribution in [2.45, 2.75) is 26.0 Å². The molecule has 1 aromatic carbocycles. The molecular weight excluding hydrogens is 437 g/mol. The van der Waals surface area contributed by atoms with Gasteiger partial charge in [0.15, 0.2) is 0 Å². The zero-order valence-corrected chi connectivity index (χ0v) is 19.3. The molecule has 0 aliphatic carbocycles. The second kappa shape index (κ2) is 9.51. The maximum atomic E-state index is 13.4. The van der Waals surface area contributed by atoms with Gasteiger partial charge in [0.05, 0.1) is 25.4 Å². The standard InChI is InChI=1S/C22H28FN3O5S/c1-14-11-26(15(2)13-27)22(28)19-9-17(16-5-7-18(23)8-6-16)10-24-21(19)31-20(14)12-25(3)32(4,29)30/h5-10,14-15,20,27H,11-13H2,1-4H3/t14-,15-,20-/m0/s1. The van der Waals surface area contributed by atoms with E-state index < -0.39 is 22.2 Å². The van der Waals surface area contributed by atoms with Crippen molar-refractivity contribution in [3.63, 3.8) is 0 Å². The van der Waals surface area contributed by atoms with E-state index in [-0.39, 0.29) is 48.8 Å². The fourth-order valence-electron chi connectivity index (χ4n) is 3.51. The first-order valence-electron chi connectivity index (χ1n) is 10.3. The molecular formula is C22H28FN3O5S. The normalized spacial score (nSPS) is 20.3. The van der Waals surface area contributed by atoms with E-state index in [0.29, 0.717) is 11.1 Å². The van der Waals surface area contributed by atoms with Gasteiger partial charge >= 0.3 is 0 Å². The van der Waals surface area contributed by atoms with Gasteiger partial charge in [0.25, 0.3) is 5.91 Å². The van der Waals surface area contributed by atoms with Crippen molar-refractivity contribution in [2.24, 2.45) is 5.92 Å². The number of pyridine rings is 1. The molecule has 0 saturated carbocycles. The first kappa shape index (κ1) is 24.1. The lowest BCUT2D eigenvalue weighted by molar-refractivity contribution is 0.0374. The van der Waals surface area contributed by atoms with Crippen molar-refractivity contribution >= 4 is 15.9 Å². The largest absolute Gasteiger partial charge is 0.472 e. The van der Waals surface area contributed by atoms with E-state index >= 15 is 0 Å². The lowest BCUT2D eigenvalue weighted by Crippen LogP contribution is -2.50. The number of nitrogens with zero attached hydrogens (tertiary/aromatic N) is 3. The number of aliphatic hydroxyl groups is 1. The molecule has 0 saturated heterocycles. The maximum absolute atomic E-state index is 13.4. The molecule has 10 heteroatoms. The summed E-state index contributed by atoms with van der Waals surface area (Å²) in [5, 5.41) is 9.71. The Labute approximate surface area is 187 Å². The summed E-state index contributed by atoms with van der Waals surface area (Å²) in [5.41, 5.74) is 1.49. The van der Waals surface area contributed by atoms with Crippen LogP contribution in [0.4, 0.5) is 4.39 Å². The molecule has 1 aliphatic rings. The van der Waals surface area contributed by atoms with Crippen LogP contribution >= 0.6 is 0 Å². The van der Waals surface area contributed by atoms with Crippen molar-refractivity contribution in [1.82, 2.24) is 14.2 Å². The molecule has 1 aliphatic heterocycles. The molecule has 0 unspecified atom stereocenters. The summed E-state index contributed by atoms with van der Waals surface area (Å²) in [6.45, 7) is 3.72. The Hall–Kier alpha value is -2.56. The highest BCUT2D eigenvalue weighted by molar-refractivity contribution is 7.88. The number of carbonyl (C=O) groups is 1. The molecule has 0 bridgehead atoms. The maximum Gasteiger partial charge on any atom is 0.259 e. The number of aliphatic hydroxyl groups excluding tert-OH is 1. The van der Waals surface area contributed by atoms with Gasteiger partial charge in [0.1, 0.15) is 17.5 Å². The summed E-state index contributed by atoms with van der Waals surface area (Å²) < 4.78 is 44.5. The number of hydrogen-bond donors (Lipinski definition) is 1. The van der Waals surface area contributed by atoms with E-state index in [1.54, 1.807) is 30.0 Å². The number of ether oxygens (including phenoxy) is 1. The van der Waals surface area contributed by atoms with Crippen molar-refractivity contribution in [3.05, 3.63) is 47.9 Å². The van der Waals surface area contributed by atoms with Gasteiger partial charge in [0.2, 0.25) is 15.9 Å². The number of halogens is 1. The molecule has 1 aromatic heterocycles. The van der Waals surface area contributed by atoms with Gasteiger partial charge in [-0.05, 0) is 30.7 Å². The van der Waals surface area contributed by atoms with Crippen LogP contribution in [-0.4, -0.2) is 78.8 Å². The summed E-state index contributed by atoms with van der Waals surface area (Å²) in [6.07, 6.45) is 2.08. The average Bonchev–Trinajstić information content (AvgIpc) is 2.75. The molecule has 32 heavy (non-hydrogen) atoms. The van der Waals surface area contributed by atoms with Crippen LogP contribution in [0.1, 0.15) is 24.2 Å². The zero-order valence-electron chi connectivity index (χ0n) is 18.5. The minimum Gasteiger partial charge on any atom is -0.472 e. The number of aromatic nitrogens is 1. The van der Waals surface area contributed by atoms with E-state index in [2.05, 4.69) is 4.98 Å². The highest BCUT2D eigenvalue weighted by Gasteiger charge is 2.35. The number of carbonyl (C=O) groups excluding carboxylic acids is 1. The van der Waals surface area contributed by atoms with Crippen molar-refractivity contribution < 1.29 is 27.4 Å². The van der Waals surface area contributed by atoms with Crippen LogP contribution < -0.4 is 4.74 Å². The first-order valence-corrected chi connectivity index (χ1v) is 12.1. The van der Waals surface area contributed by atoms with Gasteiger partial charge in [-0.3, -0.25) is 4.79 Å². The quantitative estimate of drug-likeness (QED) is 0.701. The monoisotopic (exact) mass is 465 g/mol. The molecule has 174 valence electrons. The van der Waals surface area contributed by atoms with Crippen LogP contribution in [0.15, 0.2) is 36.5 Å². The van der Waals surface area contributed by atoms with Crippen molar-refractivity contribution in [3.8, 4) is 17.0 Å². The Kier molecular flexibility index (Phi) is 7.16. The molecule has 3 rings (SSSR count). The van der Waals surface area contributed by atoms with Gasteiger partial charge < -0.3 is 14.7 Å². The second-order valence-corrected chi connectivity index (χ2v) is 10.3.